The molecule has 2 N–H and O–H groups in total. The van der Waals surface area contributed by atoms with Crippen LogP contribution in [0.25, 0.3) is 0 Å². The molecule has 0 spiro atoms. The van der Waals surface area contributed by atoms with E-state index in [9.17, 15) is 4.79 Å². The van der Waals surface area contributed by atoms with Crippen LogP contribution in [0, 0.1) is 6.92 Å². The van der Waals surface area contributed by atoms with Crippen molar-refractivity contribution < 1.29 is 19.4 Å². The van der Waals surface area contributed by atoms with Gasteiger partial charge in [0, 0.05) is 19.6 Å². The van der Waals surface area contributed by atoms with Crippen molar-refractivity contribution in [2.45, 2.75) is 26.2 Å². The summed E-state index contributed by atoms with van der Waals surface area (Å²) < 4.78 is 10.7. The topological polar surface area (TPSA) is 67.8 Å². The molecule has 0 bridgehead atoms. The summed E-state index contributed by atoms with van der Waals surface area (Å²) in [5, 5.41) is 11.3. The molecular weight excluding hydrogens is 270 g/mol. The second-order valence-corrected chi connectivity index (χ2v) is 4.80. The highest BCUT2D eigenvalue weighted by atomic mass is 16.5. The lowest BCUT2D eigenvalue weighted by molar-refractivity contribution is -0.121. The second kappa shape index (κ2) is 11.1. The maximum absolute atomic E-state index is 11.5. The van der Waals surface area contributed by atoms with E-state index in [0.29, 0.717) is 39.2 Å². The van der Waals surface area contributed by atoms with E-state index < -0.39 is 0 Å². The molecule has 0 aromatic heterocycles. The second-order valence-electron chi connectivity index (χ2n) is 4.80. The number of hydrogen-bond donors (Lipinski definition) is 2. The molecule has 0 aliphatic heterocycles. The lowest BCUT2D eigenvalue weighted by Gasteiger charge is -2.07. The van der Waals surface area contributed by atoms with Crippen molar-refractivity contribution >= 4 is 5.91 Å². The number of carbonyl (C=O) groups excluding carboxylic acids is 1. The van der Waals surface area contributed by atoms with Crippen molar-refractivity contribution in [3.05, 3.63) is 29.8 Å². The van der Waals surface area contributed by atoms with Crippen molar-refractivity contribution in [3.8, 4) is 5.75 Å². The molecular formula is C16H25NO4. The minimum atomic E-state index is 0.0321. The van der Waals surface area contributed by atoms with Gasteiger partial charge in [0.15, 0.2) is 0 Å². The Morgan fingerprint density at radius 3 is 2.62 bits per heavy atom. The fourth-order valence-electron chi connectivity index (χ4n) is 1.71. The fraction of sp³-hybridized carbons (Fsp3) is 0.562. The van der Waals surface area contributed by atoms with Crippen molar-refractivity contribution in [1.82, 2.24) is 5.32 Å². The van der Waals surface area contributed by atoms with Crippen LogP contribution in [0.5, 0.6) is 5.75 Å². The van der Waals surface area contributed by atoms with Crippen LogP contribution in [0.3, 0.4) is 0 Å². The third-order valence-electron chi connectivity index (χ3n) is 2.86. The lowest BCUT2D eigenvalue weighted by Crippen LogP contribution is -2.25. The zero-order valence-electron chi connectivity index (χ0n) is 12.6. The Balaban J connectivity index is 1.97. The van der Waals surface area contributed by atoms with E-state index in [4.69, 9.17) is 14.6 Å². The summed E-state index contributed by atoms with van der Waals surface area (Å²) in [6.07, 6.45) is 1.91. The number of nitrogens with one attached hydrogen (secondary N) is 1. The summed E-state index contributed by atoms with van der Waals surface area (Å²) in [5.74, 6) is 0.867. The molecule has 0 aliphatic carbocycles. The van der Waals surface area contributed by atoms with Crippen LogP contribution in [0.4, 0.5) is 0 Å². The van der Waals surface area contributed by atoms with Gasteiger partial charge in [-0.05, 0) is 31.9 Å². The predicted molar refractivity (Wildman–Crippen MR) is 81.4 cm³/mol. The van der Waals surface area contributed by atoms with E-state index in [1.54, 1.807) is 0 Å². The summed E-state index contributed by atoms with van der Waals surface area (Å²) >= 11 is 0. The molecule has 0 heterocycles. The van der Waals surface area contributed by atoms with E-state index in [1.165, 1.54) is 5.56 Å². The average molecular weight is 295 g/mol. The van der Waals surface area contributed by atoms with Gasteiger partial charge in [-0.2, -0.15) is 0 Å². The highest BCUT2D eigenvalue weighted by Gasteiger charge is 2.01. The Morgan fingerprint density at radius 2 is 1.90 bits per heavy atom. The maximum atomic E-state index is 11.5. The van der Waals surface area contributed by atoms with Crippen LogP contribution in [0.2, 0.25) is 0 Å². The molecule has 0 saturated heterocycles. The van der Waals surface area contributed by atoms with Crippen molar-refractivity contribution in [2.24, 2.45) is 0 Å². The molecule has 0 aliphatic rings. The summed E-state index contributed by atoms with van der Waals surface area (Å²) in [4.78, 5) is 11.5. The first-order valence-corrected chi connectivity index (χ1v) is 7.37. The number of ether oxygens (including phenoxy) is 2. The molecule has 5 nitrogen and oxygen atoms in total. The number of aliphatic hydroxyl groups excluding tert-OH is 1. The van der Waals surface area contributed by atoms with Gasteiger partial charge in [-0.1, -0.05) is 17.7 Å². The molecule has 1 rings (SSSR count). The highest BCUT2D eigenvalue weighted by molar-refractivity contribution is 5.75. The SMILES string of the molecule is Cc1ccc(OCCCC(=O)NCCCOCCO)cc1. The zero-order valence-corrected chi connectivity index (χ0v) is 12.6. The monoisotopic (exact) mass is 295 g/mol. The Bertz CT molecular complexity index is 392. The average Bonchev–Trinajstić information content (AvgIpc) is 2.49. The maximum Gasteiger partial charge on any atom is 0.220 e. The van der Waals surface area contributed by atoms with Crippen molar-refractivity contribution in [2.75, 3.05) is 33.0 Å². The van der Waals surface area contributed by atoms with E-state index in [2.05, 4.69) is 5.32 Å². The Labute approximate surface area is 126 Å². The lowest BCUT2D eigenvalue weighted by atomic mass is 10.2. The van der Waals surface area contributed by atoms with Crippen molar-refractivity contribution in [1.29, 1.82) is 0 Å². The third kappa shape index (κ3) is 9.05. The fourth-order valence-corrected chi connectivity index (χ4v) is 1.71. The third-order valence-corrected chi connectivity index (χ3v) is 2.86. The number of benzene rings is 1. The molecule has 1 aromatic rings. The number of aliphatic hydroxyl groups is 1. The van der Waals surface area contributed by atoms with Crippen LogP contribution < -0.4 is 10.1 Å². The number of amides is 1. The van der Waals surface area contributed by atoms with Crippen molar-refractivity contribution in [3.63, 3.8) is 0 Å². The molecule has 0 fully saturated rings. The summed E-state index contributed by atoms with van der Waals surface area (Å²) in [7, 11) is 0. The van der Waals surface area contributed by atoms with Crippen LogP contribution in [-0.4, -0.2) is 44.0 Å². The van der Waals surface area contributed by atoms with Crippen LogP contribution in [0.1, 0.15) is 24.8 Å². The largest absolute Gasteiger partial charge is 0.494 e. The highest BCUT2D eigenvalue weighted by Crippen LogP contribution is 2.11. The zero-order chi connectivity index (χ0) is 15.3. The smallest absolute Gasteiger partial charge is 0.220 e. The van der Waals surface area contributed by atoms with Gasteiger partial charge in [-0.15, -0.1) is 0 Å². The molecule has 0 atom stereocenters. The first kappa shape index (κ1) is 17.5. The molecule has 0 unspecified atom stereocenters. The van der Waals surface area contributed by atoms with E-state index in [1.807, 2.05) is 31.2 Å². The minimum Gasteiger partial charge on any atom is -0.494 e. The quantitative estimate of drug-likeness (QED) is 0.609. The number of aryl methyl sites for hydroxylation is 1. The number of carbonyl (C=O) groups is 1. The minimum absolute atomic E-state index is 0.0321. The summed E-state index contributed by atoms with van der Waals surface area (Å²) in [6.45, 7) is 4.11. The normalized spacial score (nSPS) is 10.4. The molecule has 0 radical (unpaired) electrons. The molecule has 1 aromatic carbocycles. The molecule has 0 saturated carbocycles. The summed E-state index contributed by atoms with van der Waals surface area (Å²) in [5.41, 5.74) is 1.20. The number of hydrogen-bond acceptors (Lipinski definition) is 4. The van der Waals surface area contributed by atoms with Gasteiger partial charge in [0.1, 0.15) is 5.75 Å². The van der Waals surface area contributed by atoms with Gasteiger partial charge >= 0.3 is 0 Å². The van der Waals surface area contributed by atoms with Gasteiger partial charge in [0.05, 0.1) is 19.8 Å². The van der Waals surface area contributed by atoms with E-state index in [-0.39, 0.29) is 12.5 Å². The van der Waals surface area contributed by atoms with Gasteiger partial charge in [-0.25, -0.2) is 0 Å². The standard InChI is InChI=1S/C16H25NO4/c1-14-5-7-15(8-6-14)21-12-2-4-16(19)17-9-3-11-20-13-10-18/h5-8,18H,2-4,9-13H2,1H3,(H,17,19). The van der Waals surface area contributed by atoms with Gasteiger partial charge in [0.2, 0.25) is 5.91 Å². The molecule has 5 heteroatoms. The van der Waals surface area contributed by atoms with Gasteiger partial charge < -0.3 is 19.9 Å². The van der Waals surface area contributed by atoms with Crippen LogP contribution in [0.15, 0.2) is 24.3 Å². The Morgan fingerprint density at radius 1 is 1.14 bits per heavy atom. The summed E-state index contributed by atoms with van der Waals surface area (Å²) in [6, 6.07) is 7.87. The predicted octanol–water partition coefficient (Wildman–Crippen LogP) is 1.67. The van der Waals surface area contributed by atoms with Crippen LogP contribution in [-0.2, 0) is 9.53 Å². The molecule has 21 heavy (non-hydrogen) atoms. The first-order valence-electron chi connectivity index (χ1n) is 7.37. The Hall–Kier alpha value is -1.59. The van der Waals surface area contributed by atoms with E-state index in [0.717, 1.165) is 12.2 Å². The van der Waals surface area contributed by atoms with E-state index >= 15 is 0 Å². The van der Waals surface area contributed by atoms with Crippen LogP contribution >= 0.6 is 0 Å². The number of rotatable bonds is 11. The van der Waals surface area contributed by atoms with Gasteiger partial charge in [0.25, 0.3) is 0 Å². The molecule has 1 amide bonds. The molecule has 118 valence electrons. The van der Waals surface area contributed by atoms with Gasteiger partial charge in [-0.3, -0.25) is 4.79 Å². The Kier molecular flexibility index (Phi) is 9.24. The first-order chi connectivity index (χ1) is 10.2.